The lowest BCUT2D eigenvalue weighted by molar-refractivity contribution is 0.0706. The lowest BCUT2D eigenvalue weighted by Gasteiger charge is -2.30. The minimum atomic E-state index is -3.92. The van der Waals surface area contributed by atoms with E-state index in [9.17, 15) is 17.6 Å². The standard InChI is InChI=1S/C17H18FN3O4S/c18-13-3-7-16(8-4-13)26(24,25)21(15-9-10-19-11-15)14-5-1-12(2-6-14)17(22)20-23/h1-8,15,19,23H,9-11H2,(H,20,22). The molecule has 1 atom stereocenters. The summed E-state index contributed by atoms with van der Waals surface area (Å²) in [5.41, 5.74) is 2.11. The zero-order valence-corrected chi connectivity index (χ0v) is 14.5. The number of nitrogens with one attached hydrogen (secondary N) is 2. The molecular weight excluding hydrogens is 361 g/mol. The number of sulfonamides is 1. The van der Waals surface area contributed by atoms with Gasteiger partial charge in [-0.2, -0.15) is 0 Å². The Kier molecular flexibility index (Phi) is 5.21. The van der Waals surface area contributed by atoms with Crippen LogP contribution in [-0.4, -0.2) is 38.7 Å². The molecule has 0 bridgehead atoms. The SMILES string of the molecule is O=C(NO)c1ccc(N(C2CCNC2)S(=O)(=O)c2ccc(F)cc2)cc1. The molecule has 0 saturated carbocycles. The number of nitrogens with zero attached hydrogens (tertiary/aromatic N) is 1. The average molecular weight is 379 g/mol. The quantitative estimate of drug-likeness (QED) is 0.540. The van der Waals surface area contributed by atoms with E-state index in [1.807, 2.05) is 0 Å². The molecule has 2 aromatic rings. The van der Waals surface area contributed by atoms with Crippen molar-refractivity contribution in [1.29, 1.82) is 0 Å². The molecule has 1 saturated heterocycles. The summed E-state index contributed by atoms with van der Waals surface area (Å²) in [5.74, 6) is -1.20. The normalized spacial score (nSPS) is 17.1. The first-order valence-corrected chi connectivity index (χ1v) is 9.42. The van der Waals surface area contributed by atoms with E-state index in [1.165, 1.54) is 46.2 Å². The predicted octanol–water partition coefficient (Wildman–Crippen LogP) is 1.50. The van der Waals surface area contributed by atoms with Gasteiger partial charge in [-0.15, -0.1) is 0 Å². The van der Waals surface area contributed by atoms with Gasteiger partial charge in [-0.1, -0.05) is 0 Å². The fourth-order valence-electron chi connectivity index (χ4n) is 2.93. The lowest BCUT2D eigenvalue weighted by atomic mass is 10.1. The van der Waals surface area contributed by atoms with Gasteiger partial charge in [0.1, 0.15) is 5.82 Å². The van der Waals surface area contributed by atoms with Crippen molar-refractivity contribution in [3.05, 3.63) is 59.9 Å². The Morgan fingerprint density at radius 3 is 2.35 bits per heavy atom. The summed E-state index contributed by atoms with van der Waals surface area (Å²) in [4.78, 5) is 11.5. The Hall–Kier alpha value is -2.49. The minimum absolute atomic E-state index is 0.0111. The Labute approximate surface area is 150 Å². The van der Waals surface area contributed by atoms with Crippen LogP contribution in [0, 0.1) is 5.82 Å². The first kappa shape index (κ1) is 18.3. The molecule has 138 valence electrons. The summed E-state index contributed by atoms with van der Waals surface area (Å²) in [7, 11) is -3.92. The Balaban J connectivity index is 2.02. The molecule has 1 heterocycles. The Morgan fingerprint density at radius 1 is 1.15 bits per heavy atom. The number of halogens is 1. The van der Waals surface area contributed by atoms with Crippen LogP contribution >= 0.6 is 0 Å². The van der Waals surface area contributed by atoms with Gasteiger partial charge in [-0.05, 0) is 61.5 Å². The largest absolute Gasteiger partial charge is 0.315 e. The molecule has 1 aliphatic rings. The molecule has 1 aliphatic heterocycles. The monoisotopic (exact) mass is 379 g/mol. The van der Waals surface area contributed by atoms with Crippen LogP contribution in [0.2, 0.25) is 0 Å². The number of carbonyl (C=O) groups is 1. The zero-order valence-electron chi connectivity index (χ0n) is 13.7. The average Bonchev–Trinajstić information content (AvgIpc) is 3.16. The molecule has 3 rings (SSSR count). The molecule has 0 spiro atoms. The van der Waals surface area contributed by atoms with Gasteiger partial charge in [0.25, 0.3) is 15.9 Å². The van der Waals surface area contributed by atoms with Crippen molar-refractivity contribution in [3.8, 4) is 0 Å². The number of carbonyl (C=O) groups excluding carboxylic acids is 1. The predicted molar refractivity (Wildman–Crippen MR) is 93.0 cm³/mol. The van der Waals surface area contributed by atoms with Crippen LogP contribution in [0.1, 0.15) is 16.8 Å². The molecule has 26 heavy (non-hydrogen) atoms. The number of hydrogen-bond donors (Lipinski definition) is 3. The van der Waals surface area contributed by atoms with Gasteiger partial charge in [-0.3, -0.25) is 14.3 Å². The number of hydrogen-bond acceptors (Lipinski definition) is 5. The third-order valence-corrected chi connectivity index (χ3v) is 6.12. The third-order valence-electron chi connectivity index (χ3n) is 4.22. The highest BCUT2D eigenvalue weighted by molar-refractivity contribution is 7.92. The highest BCUT2D eigenvalue weighted by atomic mass is 32.2. The van der Waals surface area contributed by atoms with Crippen LogP contribution < -0.4 is 15.1 Å². The second kappa shape index (κ2) is 7.40. The van der Waals surface area contributed by atoms with Crippen LogP contribution in [0.25, 0.3) is 0 Å². The number of anilines is 1. The maximum absolute atomic E-state index is 13.2. The van der Waals surface area contributed by atoms with Crippen molar-refractivity contribution in [2.75, 3.05) is 17.4 Å². The van der Waals surface area contributed by atoms with Gasteiger partial charge in [0, 0.05) is 12.1 Å². The van der Waals surface area contributed by atoms with E-state index in [0.717, 1.165) is 12.1 Å². The van der Waals surface area contributed by atoms with E-state index in [1.54, 1.807) is 0 Å². The zero-order chi connectivity index (χ0) is 18.7. The van der Waals surface area contributed by atoms with Crippen molar-refractivity contribution in [1.82, 2.24) is 10.8 Å². The van der Waals surface area contributed by atoms with Crippen molar-refractivity contribution in [2.45, 2.75) is 17.4 Å². The summed E-state index contributed by atoms with van der Waals surface area (Å²) in [6.07, 6.45) is 0.624. The first-order chi connectivity index (χ1) is 12.4. The van der Waals surface area contributed by atoms with Gasteiger partial charge in [0.05, 0.1) is 16.6 Å². The highest BCUT2D eigenvalue weighted by Gasteiger charge is 2.33. The van der Waals surface area contributed by atoms with Gasteiger partial charge >= 0.3 is 0 Å². The van der Waals surface area contributed by atoms with E-state index in [2.05, 4.69) is 5.32 Å². The molecule has 0 radical (unpaired) electrons. The van der Waals surface area contributed by atoms with Gasteiger partial charge < -0.3 is 5.32 Å². The van der Waals surface area contributed by atoms with Crippen molar-refractivity contribution < 1.29 is 22.8 Å². The molecule has 9 heteroatoms. The summed E-state index contributed by atoms with van der Waals surface area (Å²) in [5, 5.41) is 11.8. The van der Waals surface area contributed by atoms with E-state index in [4.69, 9.17) is 5.21 Å². The van der Waals surface area contributed by atoms with Crippen LogP contribution in [0.3, 0.4) is 0 Å². The van der Waals surface area contributed by atoms with E-state index in [0.29, 0.717) is 25.2 Å². The second-order valence-electron chi connectivity index (χ2n) is 5.89. The maximum atomic E-state index is 13.2. The topological polar surface area (TPSA) is 98.7 Å². The molecule has 2 aromatic carbocycles. The Bertz CT molecular complexity index is 879. The lowest BCUT2D eigenvalue weighted by Crippen LogP contribution is -2.41. The van der Waals surface area contributed by atoms with Gasteiger partial charge in [0.15, 0.2) is 0 Å². The molecular formula is C17H18FN3O4S. The molecule has 1 fully saturated rings. The molecule has 1 unspecified atom stereocenters. The van der Waals surface area contributed by atoms with E-state index < -0.39 is 21.7 Å². The molecule has 0 aromatic heterocycles. The molecule has 3 N–H and O–H groups in total. The van der Waals surface area contributed by atoms with Crippen LogP contribution in [0.15, 0.2) is 53.4 Å². The maximum Gasteiger partial charge on any atom is 0.274 e. The Morgan fingerprint density at radius 2 is 1.81 bits per heavy atom. The molecule has 0 aliphatic carbocycles. The minimum Gasteiger partial charge on any atom is -0.315 e. The summed E-state index contributed by atoms with van der Waals surface area (Å²) < 4.78 is 40.8. The van der Waals surface area contributed by atoms with Crippen LogP contribution in [0.5, 0.6) is 0 Å². The fourth-order valence-corrected chi connectivity index (χ4v) is 4.61. The number of rotatable bonds is 5. The van der Waals surface area contributed by atoms with E-state index >= 15 is 0 Å². The number of benzene rings is 2. The van der Waals surface area contributed by atoms with Crippen molar-refractivity contribution in [3.63, 3.8) is 0 Å². The van der Waals surface area contributed by atoms with Gasteiger partial charge in [-0.25, -0.2) is 18.3 Å². The second-order valence-corrected chi connectivity index (χ2v) is 7.70. The number of hydroxylamine groups is 1. The van der Waals surface area contributed by atoms with Crippen molar-refractivity contribution in [2.24, 2.45) is 0 Å². The number of amides is 1. The third kappa shape index (κ3) is 3.55. The first-order valence-electron chi connectivity index (χ1n) is 7.98. The smallest absolute Gasteiger partial charge is 0.274 e. The molecule has 1 amide bonds. The van der Waals surface area contributed by atoms with Crippen molar-refractivity contribution >= 4 is 21.6 Å². The molecule has 7 nitrogen and oxygen atoms in total. The van der Waals surface area contributed by atoms with E-state index in [-0.39, 0.29) is 16.5 Å². The van der Waals surface area contributed by atoms with Crippen LogP contribution in [0.4, 0.5) is 10.1 Å². The summed E-state index contributed by atoms with van der Waals surface area (Å²) in [6.45, 7) is 1.17. The summed E-state index contributed by atoms with van der Waals surface area (Å²) >= 11 is 0. The highest BCUT2D eigenvalue weighted by Crippen LogP contribution is 2.28. The fraction of sp³-hybridized carbons (Fsp3) is 0.235. The van der Waals surface area contributed by atoms with Gasteiger partial charge in [0.2, 0.25) is 0 Å². The van der Waals surface area contributed by atoms with Crippen LogP contribution in [-0.2, 0) is 10.0 Å². The summed E-state index contributed by atoms with van der Waals surface area (Å²) in [6, 6.07) is 10.2.